The number of hydrogen-bond donors (Lipinski definition) is 0. The van der Waals surface area contributed by atoms with Crippen molar-refractivity contribution >= 4 is 15.7 Å². The first-order valence-corrected chi connectivity index (χ1v) is 4.32. The first-order chi connectivity index (χ1) is 4.27. The molecule has 0 bridgehead atoms. The van der Waals surface area contributed by atoms with E-state index in [9.17, 15) is 8.42 Å². The molecule has 9 heavy (non-hydrogen) atoms. The Hall–Kier alpha value is -0.310. The lowest BCUT2D eigenvalue weighted by Gasteiger charge is -1.86. The van der Waals surface area contributed by atoms with Crippen molar-refractivity contribution in [3.63, 3.8) is 0 Å². The Kier molecular flexibility index (Phi) is 5.62. The van der Waals surface area contributed by atoms with Crippen LogP contribution in [0.5, 0.6) is 0 Å². The highest BCUT2D eigenvalue weighted by atomic mass is 32.2. The van der Waals surface area contributed by atoms with E-state index in [1.165, 1.54) is 5.37 Å². The smallest absolute Gasteiger partial charge is 0.185 e. The molecule has 0 aromatic carbocycles. The van der Waals surface area contributed by atoms with Crippen molar-refractivity contribution < 1.29 is 8.42 Å². The minimum Gasteiger partial charge on any atom is -0.185 e. The fraction of sp³-hybridized carbons (Fsp3) is 0.833. The topological polar surface area (TPSA) is 34.1 Å². The summed E-state index contributed by atoms with van der Waals surface area (Å²) >= 11 is 0. The summed E-state index contributed by atoms with van der Waals surface area (Å²) < 4.78 is 19.8. The van der Waals surface area contributed by atoms with Crippen molar-refractivity contribution in [2.24, 2.45) is 0 Å². The fourth-order valence-electron chi connectivity index (χ4n) is 0.574. The van der Waals surface area contributed by atoms with Gasteiger partial charge >= 0.3 is 0 Å². The van der Waals surface area contributed by atoms with Crippen molar-refractivity contribution in [1.82, 2.24) is 0 Å². The molecule has 0 amide bonds. The van der Waals surface area contributed by atoms with Gasteiger partial charge in [0.05, 0.1) is 0 Å². The molecule has 0 aromatic heterocycles. The lowest BCUT2D eigenvalue weighted by atomic mass is 10.2. The second-order valence-corrected chi connectivity index (χ2v) is 2.78. The Morgan fingerprint density at radius 1 is 1.33 bits per heavy atom. The summed E-state index contributed by atoms with van der Waals surface area (Å²) in [7, 11) is -1.94. The van der Waals surface area contributed by atoms with Crippen molar-refractivity contribution in [3.05, 3.63) is 0 Å². The third-order valence-corrected chi connectivity index (χ3v) is 1.57. The van der Waals surface area contributed by atoms with Crippen molar-refractivity contribution in [2.75, 3.05) is 0 Å². The Morgan fingerprint density at radius 3 is 2.44 bits per heavy atom. The molecular weight excluding hydrogens is 136 g/mol. The van der Waals surface area contributed by atoms with Crippen LogP contribution in [-0.2, 0) is 10.3 Å². The maximum absolute atomic E-state index is 9.91. The van der Waals surface area contributed by atoms with Crippen molar-refractivity contribution in [2.45, 2.75) is 32.6 Å². The minimum absolute atomic E-state index is 0.698. The molecule has 0 rings (SSSR count). The summed E-state index contributed by atoms with van der Waals surface area (Å²) in [5, 5.41) is 1.32. The van der Waals surface area contributed by atoms with Crippen LogP contribution in [0.1, 0.15) is 32.6 Å². The van der Waals surface area contributed by atoms with Gasteiger partial charge in [-0.25, -0.2) is 0 Å². The maximum atomic E-state index is 9.91. The molecule has 2 nitrogen and oxygen atoms in total. The molecule has 0 unspecified atom stereocenters. The van der Waals surface area contributed by atoms with Gasteiger partial charge < -0.3 is 0 Å². The minimum atomic E-state index is -1.94. The molecule has 0 fully saturated rings. The molecule has 3 heteroatoms. The Labute approximate surface area is 57.4 Å². The lowest BCUT2D eigenvalue weighted by Crippen LogP contribution is -1.77. The number of unbranched alkanes of at least 4 members (excludes halogenated alkanes) is 3. The van der Waals surface area contributed by atoms with Crippen LogP contribution in [0.25, 0.3) is 0 Å². The number of hydrogen-bond acceptors (Lipinski definition) is 2. The number of rotatable bonds is 4. The monoisotopic (exact) mass is 148 g/mol. The van der Waals surface area contributed by atoms with Gasteiger partial charge in [-0.2, -0.15) is 8.42 Å². The molecule has 0 aliphatic heterocycles. The van der Waals surface area contributed by atoms with E-state index in [1.807, 2.05) is 0 Å². The third-order valence-electron chi connectivity index (χ3n) is 1.06. The van der Waals surface area contributed by atoms with E-state index in [1.54, 1.807) is 0 Å². The standard InChI is InChI=1S/C6H12O2S/c1-2-3-4-5-6-9(7)8/h6H,2-5H2,1H3. The van der Waals surface area contributed by atoms with Crippen LogP contribution in [-0.4, -0.2) is 13.8 Å². The molecule has 0 spiro atoms. The van der Waals surface area contributed by atoms with Gasteiger partial charge in [-0.3, -0.25) is 0 Å². The van der Waals surface area contributed by atoms with Crippen molar-refractivity contribution in [1.29, 1.82) is 0 Å². The highest BCUT2D eigenvalue weighted by Crippen LogP contribution is 1.94. The summed E-state index contributed by atoms with van der Waals surface area (Å²) in [5.41, 5.74) is 0. The first-order valence-electron chi connectivity index (χ1n) is 3.18. The van der Waals surface area contributed by atoms with Crippen molar-refractivity contribution in [3.8, 4) is 0 Å². The summed E-state index contributed by atoms with van der Waals surface area (Å²) in [6, 6.07) is 0. The zero-order chi connectivity index (χ0) is 7.11. The van der Waals surface area contributed by atoms with Gasteiger partial charge in [0.15, 0.2) is 0 Å². The van der Waals surface area contributed by atoms with E-state index in [2.05, 4.69) is 6.92 Å². The molecule has 0 radical (unpaired) electrons. The quantitative estimate of drug-likeness (QED) is 0.444. The molecule has 0 saturated heterocycles. The fourth-order valence-corrected chi connectivity index (χ4v) is 0.933. The Balaban J connectivity index is 3.20. The predicted molar refractivity (Wildman–Crippen MR) is 39.1 cm³/mol. The van der Waals surface area contributed by atoms with Gasteiger partial charge in [0.2, 0.25) is 10.3 Å². The molecule has 0 N–H and O–H groups in total. The summed E-state index contributed by atoms with van der Waals surface area (Å²) in [6.07, 6.45) is 3.95. The third kappa shape index (κ3) is 7.69. The van der Waals surface area contributed by atoms with Crippen LogP contribution in [0.3, 0.4) is 0 Å². The molecule has 54 valence electrons. The highest BCUT2D eigenvalue weighted by molar-refractivity contribution is 7.71. The van der Waals surface area contributed by atoms with E-state index in [-0.39, 0.29) is 0 Å². The van der Waals surface area contributed by atoms with Gasteiger partial charge in [-0.1, -0.05) is 19.8 Å². The maximum Gasteiger partial charge on any atom is 0.209 e. The molecule has 0 heterocycles. The summed E-state index contributed by atoms with van der Waals surface area (Å²) in [4.78, 5) is 0. The summed E-state index contributed by atoms with van der Waals surface area (Å²) in [5.74, 6) is 0. The van der Waals surface area contributed by atoms with E-state index >= 15 is 0 Å². The van der Waals surface area contributed by atoms with Crippen LogP contribution in [0, 0.1) is 0 Å². The Morgan fingerprint density at radius 2 is 2.00 bits per heavy atom. The average Bonchev–Trinajstić information content (AvgIpc) is 1.80. The molecular formula is C6H12O2S. The average molecular weight is 148 g/mol. The largest absolute Gasteiger partial charge is 0.209 e. The van der Waals surface area contributed by atoms with E-state index in [0.717, 1.165) is 19.3 Å². The SMILES string of the molecule is CCCCCC=S(=O)=O. The van der Waals surface area contributed by atoms with Gasteiger partial charge in [-0.15, -0.1) is 0 Å². The van der Waals surface area contributed by atoms with E-state index < -0.39 is 10.3 Å². The van der Waals surface area contributed by atoms with E-state index in [0.29, 0.717) is 6.42 Å². The van der Waals surface area contributed by atoms with Crippen LogP contribution >= 0.6 is 0 Å². The lowest BCUT2D eigenvalue weighted by molar-refractivity contribution is 0.627. The zero-order valence-corrected chi connectivity index (χ0v) is 6.45. The van der Waals surface area contributed by atoms with Gasteiger partial charge in [-0.05, 0) is 12.8 Å². The normalized spacial score (nSPS) is 9.00. The molecule has 0 aromatic rings. The molecule has 0 saturated carbocycles. The van der Waals surface area contributed by atoms with Crippen LogP contribution in [0.2, 0.25) is 0 Å². The van der Waals surface area contributed by atoms with Gasteiger partial charge in [0.25, 0.3) is 0 Å². The van der Waals surface area contributed by atoms with E-state index in [4.69, 9.17) is 0 Å². The zero-order valence-electron chi connectivity index (χ0n) is 5.63. The van der Waals surface area contributed by atoms with Gasteiger partial charge in [0, 0.05) is 5.37 Å². The van der Waals surface area contributed by atoms with Gasteiger partial charge in [0.1, 0.15) is 0 Å². The highest BCUT2D eigenvalue weighted by Gasteiger charge is 1.81. The van der Waals surface area contributed by atoms with Crippen LogP contribution in [0.15, 0.2) is 0 Å². The second-order valence-electron chi connectivity index (χ2n) is 1.92. The van der Waals surface area contributed by atoms with Crippen LogP contribution in [0.4, 0.5) is 0 Å². The van der Waals surface area contributed by atoms with Crippen LogP contribution < -0.4 is 0 Å². The molecule has 0 atom stereocenters. The second kappa shape index (κ2) is 5.82. The Bertz CT molecular complexity index is 159. The molecule has 0 aliphatic rings. The molecule has 0 aliphatic carbocycles. The predicted octanol–water partition coefficient (Wildman–Crippen LogP) is 1.25. The first kappa shape index (κ1) is 8.69. The summed E-state index contributed by atoms with van der Waals surface area (Å²) in [6.45, 7) is 2.09.